The molecule has 10 heteroatoms. The maximum Gasteiger partial charge on any atom is 0.417 e. The third-order valence-corrected chi connectivity index (χ3v) is 6.00. The van der Waals surface area contributed by atoms with Gasteiger partial charge < -0.3 is 14.4 Å². The van der Waals surface area contributed by atoms with Gasteiger partial charge in [0, 0.05) is 24.7 Å². The van der Waals surface area contributed by atoms with Crippen molar-refractivity contribution in [2.24, 2.45) is 0 Å². The normalized spacial score (nSPS) is 17.2. The second kappa shape index (κ2) is 8.07. The van der Waals surface area contributed by atoms with E-state index in [1.54, 1.807) is 6.07 Å². The monoisotopic (exact) mass is 448 g/mol. The number of aromatic nitrogens is 3. The number of hydrogen-bond acceptors (Lipinski definition) is 5. The van der Waals surface area contributed by atoms with Crippen molar-refractivity contribution in [1.29, 1.82) is 0 Å². The molecule has 1 unspecified atom stereocenters. The van der Waals surface area contributed by atoms with Gasteiger partial charge in [-0.3, -0.25) is 9.59 Å². The molecule has 0 radical (unpaired) electrons. The quantitative estimate of drug-likeness (QED) is 0.651. The van der Waals surface area contributed by atoms with Crippen LogP contribution in [0.4, 0.5) is 13.2 Å². The first-order valence-electron chi connectivity index (χ1n) is 10.5. The Kier molecular flexibility index (Phi) is 5.56. The van der Waals surface area contributed by atoms with E-state index in [1.165, 1.54) is 11.8 Å². The number of aromatic amines is 1. The molecule has 7 nitrogen and oxygen atoms in total. The average Bonchev–Trinajstić information content (AvgIpc) is 3.14. The van der Waals surface area contributed by atoms with Crippen LogP contribution in [0.2, 0.25) is 0 Å². The highest BCUT2D eigenvalue weighted by atomic mass is 19.4. The van der Waals surface area contributed by atoms with Crippen LogP contribution in [0, 0.1) is 13.8 Å². The second-order valence-electron chi connectivity index (χ2n) is 8.16. The number of amides is 1. The number of likely N-dealkylation sites (tertiary alicyclic amines) is 1. The molecule has 3 aromatic heterocycles. The number of nitrogens with zero attached hydrogens (tertiary/aromatic N) is 3. The lowest BCUT2D eigenvalue weighted by Gasteiger charge is -2.32. The molecule has 1 atom stereocenters. The van der Waals surface area contributed by atoms with E-state index in [0.717, 1.165) is 17.3 Å². The van der Waals surface area contributed by atoms with Gasteiger partial charge in [0.05, 0.1) is 22.3 Å². The summed E-state index contributed by atoms with van der Waals surface area (Å²) >= 11 is 0. The summed E-state index contributed by atoms with van der Waals surface area (Å²) in [6.45, 7) is 5.74. The van der Waals surface area contributed by atoms with Crippen molar-refractivity contribution in [3.05, 3.63) is 56.3 Å². The average molecular weight is 448 g/mol. The van der Waals surface area contributed by atoms with Gasteiger partial charge >= 0.3 is 6.18 Å². The molecule has 4 heterocycles. The van der Waals surface area contributed by atoms with Crippen LogP contribution >= 0.6 is 0 Å². The number of hydrogen-bond donors (Lipinski definition) is 1. The van der Waals surface area contributed by atoms with Crippen molar-refractivity contribution >= 4 is 17.0 Å². The summed E-state index contributed by atoms with van der Waals surface area (Å²) in [6, 6.07) is 2.60. The first-order valence-corrected chi connectivity index (χ1v) is 10.5. The predicted molar refractivity (Wildman–Crippen MR) is 111 cm³/mol. The summed E-state index contributed by atoms with van der Waals surface area (Å²) in [6.07, 6.45) is -2.81. The van der Waals surface area contributed by atoms with E-state index < -0.39 is 29.1 Å². The van der Waals surface area contributed by atoms with Crippen LogP contribution in [0.25, 0.3) is 11.1 Å². The zero-order chi connectivity index (χ0) is 23.2. The number of fused-ring (bicyclic) bond motifs is 1. The maximum atomic E-state index is 13.7. The number of rotatable bonds is 3. The Labute approximate surface area is 181 Å². The molecule has 1 amide bonds. The highest BCUT2D eigenvalue weighted by Gasteiger charge is 2.37. The summed E-state index contributed by atoms with van der Waals surface area (Å²) in [5.74, 6) is -0.854. The first kappa shape index (κ1) is 22.0. The largest absolute Gasteiger partial charge is 0.417 e. The van der Waals surface area contributed by atoms with Crippen molar-refractivity contribution in [3.63, 3.8) is 0 Å². The standard InChI is InChI=1S/C22H23F3N4O3/c1-4-16-11(2)8-14(19(30)26-16)21(31)29-7-5-6-13(10-29)17-9-15(22(23,24)25)18-12(3)28-32-20(18)27-17/h8-9,13H,4-7,10H2,1-3H3,(H,26,30). The Morgan fingerprint density at radius 2 is 2.06 bits per heavy atom. The molecule has 1 aliphatic rings. The van der Waals surface area contributed by atoms with Gasteiger partial charge in [-0.25, -0.2) is 4.98 Å². The van der Waals surface area contributed by atoms with Crippen LogP contribution < -0.4 is 5.56 Å². The molecular weight excluding hydrogens is 425 g/mol. The summed E-state index contributed by atoms with van der Waals surface area (Å²) < 4.78 is 46.1. The Morgan fingerprint density at radius 1 is 1.31 bits per heavy atom. The highest BCUT2D eigenvalue weighted by molar-refractivity contribution is 5.94. The lowest BCUT2D eigenvalue weighted by atomic mass is 9.92. The van der Waals surface area contributed by atoms with Crippen molar-refractivity contribution in [1.82, 2.24) is 20.0 Å². The van der Waals surface area contributed by atoms with Gasteiger partial charge in [0.15, 0.2) is 0 Å². The maximum absolute atomic E-state index is 13.7. The fourth-order valence-electron chi connectivity index (χ4n) is 4.32. The third kappa shape index (κ3) is 3.89. The fraction of sp³-hybridized carbons (Fsp3) is 0.455. The minimum absolute atomic E-state index is 0.0330. The van der Waals surface area contributed by atoms with Gasteiger partial charge in [-0.05, 0) is 50.8 Å². The van der Waals surface area contributed by atoms with Crippen LogP contribution in [-0.2, 0) is 12.6 Å². The molecule has 0 bridgehead atoms. The minimum atomic E-state index is -4.59. The highest BCUT2D eigenvalue weighted by Crippen LogP contribution is 2.38. The molecule has 4 rings (SSSR count). The Hall–Kier alpha value is -3.17. The SMILES string of the molecule is CCc1[nH]c(=O)c(C(=O)N2CCCC(c3cc(C(F)(F)F)c4c(C)noc4n3)C2)cc1C. The van der Waals surface area contributed by atoms with Crippen molar-refractivity contribution in [3.8, 4) is 0 Å². The summed E-state index contributed by atoms with van der Waals surface area (Å²) in [7, 11) is 0. The van der Waals surface area contributed by atoms with Gasteiger partial charge in [0.2, 0.25) is 0 Å². The lowest BCUT2D eigenvalue weighted by molar-refractivity contribution is -0.136. The molecule has 1 aliphatic heterocycles. The Bertz CT molecular complexity index is 1250. The summed E-state index contributed by atoms with van der Waals surface area (Å²) in [4.78, 5) is 34.0. The summed E-state index contributed by atoms with van der Waals surface area (Å²) in [5.41, 5.74) is 0.456. The molecule has 1 N–H and O–H groups in total. The number of halogens is 3. The Morgan fingerprint density at radius 3 is 2.75 bits per heavy atom. The van der Waals surface area contributed by atoms with E-state index >= 15 is 0 Å². The smallest absolute Gasteiger partial charge is 0.338 e. The van der Waals surface area contributed by atoms with E-state index in [1.807, 2.05) is 13.8 Å². The number of carbonyl (C=O) groups excluding carboxylic acids is 1. The van der Waals surface area contributed by atoms with Crippen LogP contribution in [0.3, 0.4) is 0 Å². The van der Waals surface area contributed by atoms with Gasteiger partial charge in [-0.15, -0.1) is 0 Å². The molecule has 3 aromatic rings. The van der Waals surface area contributed by atoms with Crippen LogP contribution in [0.5, 0.6) is 0 Å². The van der Waals surface area contributed by atoms with Gasteiger partial charge in [0.25, 0.3) is 17.2 Å². The van der Waals surface area contributed by atoms with E-state index in [4.69, 9.17) is 4.52 Å². The Balaban J connectivity index is 1.67. The molecule has 170 valence electrons. The molecule has 1 saturated heterocycles. The zero-order valence-corrected chi connectivity index (χ0v) is 18.0. The van der Waals surface area contributed by atoms with Gasteiger partial charge in [-0.1, -0.05) is 12.1 Å². The second-order valence-corrected chi connectivity index (χ2v) is 8.16. The number of H-pyrrole nitrogens is 1. The molecule has 0 aliphatic carbocycles. The topological polar surface area (TPSA) is 92.1 Å². The lowest BCUT2D eigenvalue weighted by Crippen LogP contribution is -2.41. The molecule has 32 heavy (non-hydrogen) atoms. The number of aryl methyl sites for hydroxylation is 3. The van der Waals surface area contributed by atoms with Crippen molar-refractivity contribution < 1.29 is 22.5 Å². The number of nitrogens with one attached hydrogen (secondary N) is 1. The van der Waals surface area contributed by atoms with Crippen LogP contribution in [0.15, 0.2) is 21.5 Å². The van der Waals surface area contributed by atoms with Crippen LogP contribution in [0.1, 0.15) is 64.2 Å². The molecular formula is C22H23F3N4O3. The van der Waals surface area contributed by atoms with E-state index in [9.17, 15) is 22.8 Å². The van der Waals surface area contributed by atoms with Gasteiger partial charge in [-0.2, -0.15) is 13.2 Å². The number of pyridine rings is 2. The predicted octanol–water partition coefficient (Wildman–Crippen LogP) is 4.13. The fourth-order valence-corrected chi connectivity index (χ4v) is 4.32. The van der Waals surface area contributed by atoms with E-state index in [2.05, 4.69) is 15.1 Å². The molecule has 1 fully saturated rings. The summed E-state index contributed by atoms with van der Waals surface area (Å²) in [5, 5.41) is 3.48. The molecule has 0 spiro atoms. The zero-order valence-electron chi connectivity index (χ0n) is 18.0. The number of piperidine rings is 1. The van der Waals surface area contributed by atoms with Gasteiger partial charge in [0.1, 0.15) is 5.56 Å². The van der Waals surface area contributed by atoms with Crippen molar-refractivity contribution in [2.75, 3.05) is 13.1 Å². The van der Waals surface area contributed by atoms with E-state index in [0.29, 0.717) is 25.8 Å². The number of carbonyl (C=O) groups is 1. The third-order valence-electron chi connectivity index (χ3n) is 6.00. The first-order chi connectivity index (χ1) is 15.1. The number of alkyl halides is 3. The van der Waals surface area contributed by atoms with Crippen LogP contribution in [-0.4, -0.2) is 39.0 Å². The molecule has 0 saturated carbocycles. The molecule has 0 aromatic carbocycles. The van der Waals surface area contributed by atoms with Crippen molar-refractivity contribution in [2.45, 2.75) is 52.1 Å². The minimum Gasteiger partial charge on any atom is -0.338 e. The van der Waals surface area contributed by atoms with E-state index in [-0.39, 0.29) is 34.6 Å².